The lowest BCUT2D eigenvalue weighted by Crippen LogP contribution is -2.35. The molecule has 0 bridgehead atoms. The van der Waals surface area contributed by atoms with Crippen LogP contribution in [-0.4, -0.2) is 50.7 Å². The van der Waals surface area contributed by atoms with Crippen molar-refractivity contribution in [3.05, 3.63) is 94.5 Å². The average Bonchev–Trinajstić information content (AvgIpc) is 3.50. The summed E-state index contributed by atoms with van der Waals surface area (Å²) in [6, 6.07) is 16.3. The van der Waals surface area contributed by atoms with Gasteiger partial charge in [0.25, 0.3) is 5.95 Å². The number of aryl methyl sites for hydroxylation is 2. The second-order valence-electron chi connectivity index (χ2n) is 13.0. The number of ether oxygens (including phenoxy) is 1. The van der Waals surface area contributed by atoms with E-state index in [1.54, 1.807) is 49.2 Å². The summed E-state index contributed by atoms with van der Waals surface area (Å²) in [5.74, 6) is -1.35. The number of aliphatic carboxylic acids is 1. The Morgan fingerprint density at radius 2 is 1.69 bits per heavy atom. The molecule has 1 aliphatic rings. The first-order valence-corrected chi connectivity index (χ1v) is 16.7. The Kier molecular flexibility index (Phi) is 13.1. The van der Waals surface area contributed by atoms with Gasteiger partial charge in [0.2, 0.25) is 0 Å². The number of hydrogen-bond donors (Lipinski definition) is 1. The first-order chi connectivity index (χ1) is 24.1. The third kappa shape index (κ3) is 10.5. The summed E-state index contributed by atoms with van der Waals surface area (Å²) in [4.78, 5) is 16.6. The molecule has 1 heterocycles. The van der Waals surface area contributed by atoms with Gasteiger partial charge in [-0.2, -0.15) is 18.0 Å². The summed E-state index contributed by atoms with van der Waals surface area (Å²) < 4.78 is 86.4. The average molecular weight is 755 g/mol. The number of rotatable bonds is 13. The van der Waals surface area contributed by atoms with Gasteiger partial charge in [-0.3, -0.25) is 4.79 Å². The molecule has 1 saturated carbocycles. The van der Waals surface area contributed by atoms with E-state index in [9.17, 15) is 36.2 Å². The molecule has 3 aromatic carbocycles. The van der Waals surface area contributed by atoms with Gasteiger partial charge in [0.1, 0.15) is 5.75 Å². The molecule has 16 heteroatoms. The number of halogens is 7. The zero-order valence-electron chi connectivity index (χ0n) is 28.9. The van der Waals surface area contributed by atoms with Gasteiger partial charge in [0, 0.05) is 25.3 Å². The van der Waals surface area contributed by atoms with Crippen LogP contribution in [0.5, 0.6) is 5.75 Å². The Morgan fingerprint density at radius 1 is 1.00 bits per heavy atom. The third-order valence-corrected chi connectivity index (χ3v) is 9.23. The third-order valence-electron chi connectivity index (χ3n) is 9.23. The number of carbonyl (C=O) groups is 1. The summed E-state index contributed by atoms with van der Waals surface area (Å²) in [7, 11) is 1.56. The van der Waals surface area contributed by atoms with Gasteiger partial charge >= 0.3 is 18.5 Å². The molecule has 1 fully saturated rings. The van der Waals surface area contributed by atoms with Crippen LogP contribution in [0.15, 0.2) is 66.7 Å². The summed E-state index contributed by atoms with van der Waals surface area (Å²) >= 11 is 0. The number of carboxylic acid groups (broad SMARTS) is 1. The van der Waals surface area contributed by atoms with Crippen LogP contribution in [0.4, 0.5) is 38.0 Å². The fourth-order valence-corrected chi connectivity index (χ4v) is 6.84. The zero-order valence-corrected chi connectivity index (χ0v) is 29.7. The largest absolute Gasteiger partial charge is 0.573 e. The van der Waals surface area contributed by atoms with E-state index < -0.39 is 41.8 Å². The highest BCUT2D eigenvalue weighted by atomic mass is 35.5. The molecule has 0 aliphatic heterocycles. The fourth-order valence-electron chi connectivity index (χ4n) is 6.84. The quantitative estimate of drug-likeness (QED) is 0.136. The molecule has 0 saturated heterocycles. The van der Waals surface area contributed by atoms with Crippen LogP contribution in [-0.2, 0) is 31.0 Å². The first-order valence-electron chi connectivity index (χ1n) is 16.7. The van der Waals surface area contributed by atoms with Crippen molar-refractivity contribution in [2.24, 2.45) is 18.9 Å². The fraction of sp³-hybridized carbons (Fsp3) is 0.444. The number of tetrazole rings is 1. The number of aromatic nitrogens is 4. The lowest BCUT2D eigenvalue weighted by atomic mass is 9.81. The maximum Gasteiger partial charge on any atom is 0.573 e. The Morgan fingerprint density at radius 3 is 2.27 bits per heavy atom. The summed E-state index contributed by atoms with van der Waals surface area (Å²) in [6.07, 6.45) is -6.97. The Labute approximate surface area is 304 Å². The second kappa shape index (κ2) is 16.9. The Bertz CT molecular complexity index is 1780. The molecule has 0 spiro atoms. The van der Waals surface area contributed by atoms with Crippen LogP contribution in [0.3, 0.4) is 0 Å². The molecule has 1 unspecified atom stereocenters. The van der Waals surface area contributed by atoms with Crippen LogP contribution in [0, 0.1) is 18.8 Å². The van der Waals surface area contributed by atoms with Crippen molar-refractivity contribution < 1.29 is 41.0 Å². The highest BCUT2D eigenvalue weighted by Crippen LogP contribution is 2.38. The SMILES string of the molecule is CCN(CC1CCC(C(=O)O)CC1)c1ccc(OC(F)(F)F)cc1CN(c1nnn(C)n1)C(Cc1cc(C)cc(C(F)(F)F)c1)c1ccccc1.Cl. The highest BCUT2D eigenvalue weighted by Gasteiger charge is 2.34. The maximum atomic E-state index is 13.9. The van der Waals surface area contributed by atoms with E-state index >= 15 is 0 Å². The molecule has 0 radical (unpaired) electrons. The van der Waals surface area contributed by atoms with Crippen molar-refractivity contribution >= 4 is 30.0 Å². The van der Waals surface area contributed by atoms with E-state index in [2.05, 4.69) is 25.0 Å². The van der Waals surface area contributed by atoms with Gasteiger partial charge in [-0.05, 0) is 104 Å². The number of anilines is 2. The lowest BCUT2D eigenvalue weighted by molar-refractivity contribution is -0.274. The van der Waals surface area contributed by atoms with E-state index in [4.69, 9.17) is 0 Å². The van der Waals surface area contributed by atoms with Crippen LogP contribution >= 0.6 is 12.4 Å². The summed E-state index contributed by atoms with van der Waals surface area (Å²) in [5.41, 5.74) is 1.81. The van der Waals surface area contributed by atoms with Crippen LogP contribution in [0.1, 0.15) is 66.5 Å². The molecular weight excluding hydrogens is 714 g/mol. The molecule has 1 N–H and O–H groups in total. The number of alkyl halides is 6. The molecule has 5 rings (SSSR count). The van der Waals surface area contributed by atoms with Gasteiger partial charge in [-0.25, -0.2) is 0 Å². The molecule has 9 nitrogen and oxygen atoms in total. The van der Waals surface area contributed by atoms with Crippen molar-refractivity contribution in [1.29, 1.82) is 0 Å². The minimum absolute atomic E-state index is 0. The molecule has 1 aliphatic carbocycles. The minimum Gasteiger partial charge on any atom is -0.481 e. The standard InChI is InChI=1S/C36H40F6N6O3.ClH/c1-4-47(21-24-10-12-27(13-11-24)33(49)50)31-15-14-30(51-36(40,41)42)20-28(31)22-48(34-43-45-46(3)44-34)32(26-8-6-5-7-9-26)19-25-16-23(2)17-29(18-25)35(37,38)39;/h5-9,14-18,20,24,27,32H,4,10-13,19,21-22H2,1-3H3,(H,49,50);1H. The number of benzene rings is 3. The highest BCUT2D eigenvalue weighted by molar-refractivity contribution is 5.85. The van der Waals surface area contributed by atoms with Crippen molar-refractivity contribution in [1.82, 2.24) is 20.2 Å². The molecular formula is C36H41ClF6N6O3. The predicted octanol–water partition coefficient (Wildman–Crippen LogP) is 8.57. The van der Waals surface area contributed by atoms with Gasteiger partial charge in [-0.15, -0.1) is 30.7 Å². The zero-order chi connectivity index (χ0) is 36.9. The van der Waals surface area contributed by atoms with Crippen LogP contribution < -0.4 is 14.5 Å². The van der Waals surface area contributed by atoms with Gasteiger partial charge in [-0.1, -0.05) is 47.1 Å². The number of nitrogens with zero attached hydrogens (tertiary/aromatic N) is 6. The maximum absolute atomic E-state index is 13.9. The van der Waals surface area contributed by atoms with E-state index in [1.807, 2.05) is 19.1 Å². The Balaban J connectivity index is 0.00000605. The van der Waals surface area contributed by atoms with Crippen LogP contribution in [0.2, 0.25) is 0 Å². The minimum atomic E-state index is -4.95. The summed E-state index contributed by atoms with van der Waals surface area (Å²) in [6.45, 7) is 4.50. The van der Waals surface area contributed by atoms with Crippen molar-refractivity contribution in [3.63, 3.8) is 0 Å². The van der Waals surface area contributed by atoms with Crippen molar-refractivity contribution in [3.8, 4) is 5.75 Å². The van der Waals surface area contributed by atoms with Crippen LogP contribution in [0.25, 0.3) is 0 Å². The first kappa shape index (κ1) is 40.2. The Hall–Kier alpha value is -4.53. The molecule has 52 heavy (non-hydrogen) atoms. The van der Waals surface area contributed by atoms with E-state index in [0.717, 1.165) is 12.1 Å². The van der Waals surface area contributed by atoms with Gasteiger partial charge in [0.05, 0.1) is 24.6 Å². The lowest BCUT2D eigenvalue weighted by Gasteiger charge is -2.36. The molecule has 4 aromatic rings. The normalized spacial score (nSPS) is 16.9. The molecule has 282 valence electrons. The van der Waals surface area contributed by atoms with E-state index in [0.29, 0.717) is 66.7 Å². The predicted molar refractivity (Wildman–Crippen MR) is 185 cm³/mol. The number of carboxylic acids is 1. The van der Waals surface area contributed by atoms with E-state index in [1.165, 1.54) is 16.9 Å². The number of hydrogen-bond acceptors (Lipinski definition) is 7. The smallest absolute Gasteiger partial charge is 0.481 e. The topological polar surface area (TPSA) is 96.6 Å². The van der Waals surface area contributed by atoms with Gasteiger partial charge < -0.3 is 19.6 Å². The van der Waals surface area contributed by atoms with Crippen molar-refractivity contribution in [2.75, 3.05) is 22.9 Å². The summed E-state index contributed by atoms with van der Waals surface area (Å²) in [5, 5.41) is 22.1. The molecule has 1 atom stereocenters. The van der Waals surface area contributed by atoms with Crippen molar-refractivity contribution in [2.45, 2.75) is 71.1 Å². The van der Waals surface area contributed by atoms with Gasteiger partial charge in [0.15, 0.2) is 0 Å². The molecule has 1 aromatic heterocycles. The second-order valence-corrected chi connectivity index (χ2v) is 13.0. The molecule has 0 amide bonds. The monoisotopic (exact) mass is 754 g/mol. The van der Waals surface area contributed by atoms with E-state index in [-0.39, 0.29) is 37.2 Å².